The number of hydrogen-bond donors (Lipinski definition) is 4. The van der Waals surface area contributed by atoms with Gasteiger partial charge < -0.3 is 25.4 Å². The van der Waals surface area contributed by atoms with E-state index in [-0.39, 0.29) is 0 Å². The summed E-state index contributed by atoms with van der Waals surface area (Å²) in [6.45, 7) is 2.78. The predicted molar refractivity (Wildman–Crippen MR) is 46.2 cm³/mol. The van der Waals surface area contributed by atoms with E-state index < -0.39 is 36.6 Å². The molecule has 82 valence electrons. The van der Waals surface area contributed by atoms with Crippen LogP contribution in [0.4, 0.5) is 0 Å². The van der Waals surface area contributed by atoms with E-state index in [9.17, 15) is 20.1 Å². The summed E-state index contributed by atoms with van der Waals surface area (Å²) in [4.78, 5) is 10.7. The second-order valence-corrected chi connectivity index (χ2v) is 3.44. The van der Waals surface area contributed by atoms with Gasteiger partial charge in [-0.05, 0) is 6.92 Å². The maximum atomic E-state index is 10.7. The smallest absolute Gasteiger partial charge is 0.217 e. The van der Waals surface area contributed by atoms with Crippen LogP contribution in [0.15, 0.2) is 0 Å². The number of amides is 1. The summed E-state index contributed by atoms with van der Waals surface area (Å²) < 4.78 is 4.91. The van der Waals surface area contributed by atoms with E-state index in [0.717, 1.165) is 0 Å². The van der Waals surface area contributed by atoms with Gasteiger partial charge in [-0.3, -0.25) is 4.79 Å². The highest BCUT2D eigenvalue weighted by Gasteiger charge is 2.42. The zero-order valence-corrected chi connectivity index (χ0v) is 8.04. The van der Waals surface area contributed by atoms with Crippen molar-refractivity contribution in [2.75, 3.05) is 0 Å². The second kappa shape index (κ2) is 4.22. The van der Waals surface area contributed by atoms with Gasteiger partial charge in [0, 0.05) is 6.92 Å². The monoisotopic (exact) mass is 205 g/mol. The average Bonchev–Trinajstić information content (AvgIpc) is 2.09. The summed E-state index contributed by atoms with van der Waals surface area (Å²) in [6, 6.07) is -0.987. The minimum atomic E-state index is -1.30. The molecule has 0 aromatic carbocycles. The van der Waals surface area contributed by atoms with Crippen LogP contribution in [0, 0.1) is 0 Å². The Morgan fingerprint density at radius 2 is 1.86 bits per heavy atom. The molecule has 14 heavy (non-hydrogen) atoms. The average molecular weight is 205 g/mol. The lowest BCUT2D eigenvalue weighted by Gasteiger charge is -2.39. The van der Waals surface area contributed by atoms with Crippen molar-refractivity contribution in [2.24, 2.45) is 0 Å². The molecule has 5 atom stereocenters. The van der Waals surface area contributed by atoms with Crippen molar-refractivity contribution in [3.8, 4) is 0 Å². The van der Waals surface area contributed by atoms with Crippen LogP contribution < -0.4 is 5.32 Å². The predicted octanol–water partition coefficient (Wildman–Crippen LogP) is -2.05. The summed E-state index contributed by atoms with van der Waals surface area (Å²) in [6.07, 6.45) is -4.30. The lowest BCUT2D eigenvalue weighted by Crippen LogP contribution is -2.62. The van der Waals surface area contributed by atoms with Gasteiger partial charge >= 0.3 is 0 Å². The Morgan fingerprint density at radius 3 is 2.36 bits per heavy atom. The molecule has 1 fully saturated rings. The third-order valence-corrected chi connectivity index (χ3v) is 2.23. The molecular weight excluding hydrogens is 190 g/mol. The first-order chi connectivity index (χ1) is 6.43. The molecule has 1 saturated heterocycles. The van der Waals surface area contributed by atoms with Gasteiger partial charge in [0.25, 0.3) is 0 Å². The Labute approximate surface area is 81.5 Å². The van der Waals surface area contributed by atoms with Gasteiger partial charge in [0.05, 0.1) is 6.10 Å². The highest BCUT2D eigenvalue weighted by molar-refractivity contribution is 5.73. The number of carbonyl (C=O) groups excluding carboxylic acids is 1. The fraction of sp³-hybridized carbons (Fsp3) is 0.875. The molecule has 1 heterocycles. The number of hydrogen-bond acceptors (Lipinski definition) is 5. The van der Waals surface area contributed by atoms with E-state index in [4.69, 9.17) is 4.74 Å². The first kappa shape index (κ1) is 11.4. The molecule has 0 bridgehead atoms. The number of aliphatic hydroxyl groups excluding tert-OH is 3. The van der Waals surface area contributed by atoms with E-state index in [1.165, 1.54) is 13.8 Å². The van der Waals surface area contributed by atoms with E-state index in [1.54, 1.807) is 0 Å². The van der Waals surface area contributed by atoms with Crippen molar-refractivity contribution in [3.63, 3.8) is 0 Å². The fourth-order valence-electron chi connectivity index (χ4n) is 1.44. The summed E-state index contributed by atoms with van der Waals surface area (Å²) in [5.41, 5.74) is 0. The molecule has 0 aromatic heterocycles. The molecular formula is C8H15NO5. The topological polar surface area (TPSA) is 99.0 Å². The fourth-order valence-corrected chi connectivity index (χ4v) is 1.44. The van der Waals surface area contributed by atoms with E-state index >= 15 is 0 Å². The molecule has 1 amide bonds. The Morgan fingerprint density at radius 1 is 1.29 bits per heavy atom. The molecule has 1 aliphatic heterocycles. The largest absolute Gasteiger partial charge is 0.388 e. The minimum Gasteiger partial charge on any atom is -0.388 e. The number of aliphatic hydroxyl groups is 3. The van der Waals surface area contributed by atoms with Crippen molar-refractivity contribution in [1.82, 2.24) is 5.32 Å². The Balaban J connectivity index is 2.68. The SMILES string of the molecule is CC(=O)N[C@H]1[C@@H](O)[C@H](O)[C@@H](C)O[C@@H]1O. The van der Waals surface area contributed by atoms with Crippen molar-refractivity contribution >= 4 is 5.91 Å². The summed E-state index contributed by atoms with van der Waals surface area (Å²) in [7, 11) is 0. The highest BCUT2D eigenvalue weighted by atomic mass is 16.6. The number of carbonyl (C=O) groups is 1. The molecule has 0 spiro atoms. The van der Waals surface area contributed by atoms with Crippen LogP contribution in [-0.2, 0) is 9.53 Å². The second-order valence-electron chi connectivity index (χ2n) is 3.44. The van der Waals surface area contributed by atoms with Crippen LogP contribution in [-0.4, -0.2) is 51.9 Å². The molecule has 0 saturated carbocycles. The van der Waals surface area contributed by atoms with Gasteiger partial charge in [0.2, 0.25) is 5.91 Å². The molecule has 0 radical (unpaired) electrons. The van der Waals surface area contributed by atoms with Crippen LogP contribution in [0.5, 0.6) is 0 Å². The molecule has 4 N–H and O–H groups in total. The van der Waals surface area contributed by atoms with Gasteiger partial charge in [-0.15, -0.1) is 0 Å². The van der Waals surface area contributed by atoms with Crippen LogP contribution in [0.3, 0.4) is 0 Å². The lowest BCUT2D eigenvalue weighted by atomic mass is 9.98. The maximum absolute atomic E-state index is 10.7. The summed E-state index contributed by atoms with van der Waals surface area (Å²) in [5.74, 6) is -0.404. The van der Waals surface area contributed by atoms with Crippen molar-refractivity contribution in [1.29, 1.82) is 0 Å². The first-order valence-electron chi connectivity index (χ1n) is 4.40. The normalized spacial score (nSPS) is 43.4. The van der Waals surface area contributed by atoms with Crippen molar-refractivity contribution < 1.29 is 24.9 Å². The number of nitrogens with one attached hydrogen (secondary N) is 1. The molecule has 1 rings (SSSR count). The van der Waals surface area contributed by atoms with Gasteiger partial charge in [0.15, 0.2) is 6.29 Å². The van der Waals surface area contributed by atoms with E-state index in [1.807, 2.05) is 0 Å². The Hall–Kier alpha value is -0.690. The van der Waals surface area contributed by atoms with E-state index in [2.05, 4.69) is 5.32 Å². The molecule has 0 aromatic rings. The molecule has 1 aliphatic rings. The zero-order chi connectivity index (χ0) is 10.9. The minimum absolute atomic E-state index is 0.404. The van der Waals surface area contributed by atoms with E-state index in [0.29, 0.717) is 0 Å². The number of ether oxygens (including phenoxy) is 1. The highest BCUT2D eigenvalue weighted by Crippen LogP contribution is 2.19. The summed E-state index contributed by atoms with van der Waals surface area (Å²) in [5, 5.41) is 30.6. The summed E-state index contributed by atoms with van der Waals surface area (Å²) >= 11 is 0. The molecule has 0 aliphatic carbocycles. The quantitative estimate of drug-likeness (QED) is 0.395. The standard InChI is InChI=1S/C8H15NO5/c1-3-6(11)7(12)5(8(13)14-3)9-4(2)10/h3,5-8,11-13H,1-2H3,(H,9,10)/t3-,5+,6-,7-,8+/m1/s1. The van der Waals surface area contributed by atoms with Crippen LogP contribution in [0.2, 0.25) is 0 Å². The third-order valence-electron chi connectivity index (χ3n) is 2.23. The Kier molecular flexibility index (Phi) is 3.43. The van der Waals surface area contributed by atoms with Crippen molar-refractivity contribution in [2.45, 2.75) is 44.5 Å². The van der Waals surface area contributed by atoms with Crippen LogP contribution >= 0.6 is 0 Å². The van der Waals surface area contributed by atoms with Gasteiger partial charge in [-0.2, -0.15) is 0 Å². The maximum Gasteiger partial charge on any atom is 0.217 e. The van der Waals surface area contributed by atoms with Gasteiger partial charge in [-0.25, -0.2) is 0 Å². The van der Waals surface area contributed by atoms with Crippen LogP contribution in [0.25, 0.3) is 0 Å². The first-order valence-corrected chi connectivity index (χ1v) is 4.40. The molecule has 6 heteroatoms. The molecule has 6 nitrogen and oxygen atoms in total. The molecule has 0 unspecified atom stereocenters. The van der Waals surface area contributed by atoms with Crippen molar-refractivity contribution in [3.05, 3.63) is 0 Å². The number of rotatable bonds is 1. The lowest BCUT2D eigenvalue weighted by molar-refractivity contribution is -0.242. The van der Waals surface area contributed by atoms with Gasteiger partial charge in [0.1, 0.15) is 18.2 Å². The zero-order valence-electron chi connectivity index (χ0n) is 8.04. The Bertz CT molecular complexity index is 222. The van der Waals surface area contributed by atoms with Gasteiger partial charge in [-0.1, -0.05) is 0 Å². The van der Waals surface area contributed by atoms with Crippen LogP contribution in [0.1, 0.15) is 13.8 Å². The third kappa shape index (κ3) is 2.21.